The number of carbonyl (C=O) groups excluding carboxylic acids is 1. The summed E-state index contributed by atoms with van der Waals surface area (Å²) in [4.78, 5) is 14.8. The minimum atomic E-state index is -0.582. The number of phenols is 1. The lowest BCUT2D eigenvalue weighted by Crippen LogP contribution is -2.74. The Bertz CT molecular complexity index is 1050. The number of rotatable bonds is 6. The van der Waals surface area contributed by atoms with Gasteiger partial charge >= 0.3 is 5.97 Å². The number of hydrogen-bond donors (Lipinski definition) is 1. The quantitative estimate of drug-likeness (QED) is 0.464. The number of likely N-dealkylation sites (tertiary alicyclic amines) is 1. The Morgan fingerprint density at radius 3 is 2.69 bits per heavy atom. The Kier molecular flexibility index (Phi) is 5.41. The molecule has 9 heteroatoms. The van der Waals surface area contributed by atoms with E-state index in [0.717, 1.165) is 24.2 Å². The lowest BCUT2D eigenvalue weighted by Gasteiger charge is -2.65. The summed E-state index contributed by atoms with van der Waals surface area (Å²) in [5.41, 5.74) is 0.658. The van der Waals surface area contributed by atoms with Gasteiger partial charge in [0.1, 0.15) is 11.7 Å². The molecular formula is C26H34ClNO7. The van der Waals surface area contributed by atoms with Crippen LogP contribution in [-0.2, 0) is 23.7 Å². The van der Waals surface area contributed by atoms with Gasteiger partial charge < -0.3 is 28.8 Å². The molecule has 10 atom stereocenters. The van der Waals surface area contributed by atoms with Gasteiger partial charge in [-0.2, -0.15) is 0 Å². The van der Waals surface area contributed by atoms with Gasteiger partial charge in [-0.25, -0.2) is 0 Å². The van der Waals surface area contributed by atoms with Crippen LogP contribution in [0.15, 0.2) is 12.1 Å². The van der Waals surface area contributed by atoms with Gasteiger partial charge in [0.05, 0.1) is 25.9 Å². The number of benzene rings is 1. The predicted molar refractivity (Wildman–Crippen MR) is 127 cm³/mol. The maximum Gasteiger partial charge on any atom is 0.302 e. The largest absolute Gasteiger partial charge is 0.504 e. The van der Waals surface area contributed by atoms with Crippen LogP contribution in [0.2, 0.25) is 0 Å². The number of fused-ring (bicyclic) bond motifs is 3. The highest BCUT2D eigenvalue weighted by Gasteiger charge is 2.84. The summed E-state index contributed by atoms with van der Waals surface area (Å²) >= 11 is 7.05. The SMILES string of the molecule is CCN1C[C@@]2(COC)[C@H]3[C@@H](OC)[C@@H]4c5cc(OC)c(O)cc5[C@H]5C(Cl)O[C@@H](C[C@H]2OC(C)=O)[C@]35[C@@H]41. The Balaban J connectivity index is 1.66. The second-order valence-corrected chi connectivity index (χ2v) is 11.2. The zero-order valence-electron chi connectivity index (χ0n) is 20.8. The van der Waals surface area contributed by atoms with E-state index in [2.05, 4.69) is 11.8 Å². The van der Waals surface area contributed by atoms with Crippen LogP contribution in [0.4, 0.5) is 0 Å². The standard InChI is InChI=1S/C26H34ClNO7/c1-6-28-10-25(11-31-3)17(34-12(2)29)9-18-26-20(24(27)35-18)14-7-15(30)16(32-4)8-13(14)19(23(26)28)21(33-5)22(25)26/h7-8,17-24,30H,6,9-11H2,1-5H3/t17-,18+,19+,20+,21+,22-,23-,24?,25+,26-/m1/s1. The van der Waals surface area contributed by atoms with Crippen molar-refractivity contribution in [2.45, 2.75) is 62.0 Å². The van der Waals surface area contributed by atoms with Crippen molar-refractivity contribution in [2.75, 3.05) is 41.0 Å². The molecule has 5 bridgehead atoms. The molecule has 6 rings (SSSR count). The van der Waals surface area contributed by atoms with E-state index < -0.39 is 11.0 Å². The molecule has 2 saturated heterocycles. The summed E-state index contributed by atoms with van der Waals surface area (Å²) in [5, 5.41) is 10.8. The second-order valence-electron chi connectivity index (χ2n) is 10.8. The van der Waals surface area contributed by atoms with Crippen molar-refractivity contribution in [1.29, 1.82) is 0 Å². The molecule has 3 aliphatic carbocycles. The zero-order chi connectivity index (χ0) is 24.9. The molecule has 1 N–H and O–H groups in total. The average Bonchev–Trinajstić information content (AvgIpc) is 3.18. The fraction of sp³-hybridized carbons (Fsp3) is 0.731. The first-order valence-electron chi connectivity index (χ1n) is 12.4. The van der Waals surface area contributed by atoms with Gasteiger partial charge in [0.2, 0.25) is 0 Å². The molecule has 1 spiro atoms. The molecule has 2 heterocycles. The highest BCUT2D eigenvalue weighted by molar-refractivity contribution is 6.20. The molecule has 0 radical (unpaired) electrons. The third-order valence-electron chi connectivity index (χ3n) is 9.78. The lowest BCUT2D eigenvalue weighted by atomic mass is 9.45. The maximum absolute atomic E-state index is 12.3. The number of piperidine rings is 1. The van der Waals surface area contributed by atoms with Crippen LogP contribution in [0.25, 0.3) is 0 Å². The van der Waals surface area contributed by atoms with Crippen molar-refractivity contribution in [1.82, 2.24) is 4.90 Å². The number of phenolic OH excluding ortho intramolecular Hbond substituents is 1. The molecule has 8 nitrogen and oxygen atoms in total. The van der Waals surface area contributed by atoms with Crippen molar-refractivity contribution >= 4 is 17.6 Å². The number of esters is 1. The molecule has 4 fully saturated rings. The van der Waals surface area contributed by atoms with Gasteiger partial charge in [-0.15, -0.1) is 0 Å². The third kappa shape index (κ3) is 2.70. The highest BCUT2D eigenvalue weighted by Crippen LogP contribution is 2.79. The van der Waals surface area contributed by atoms with Crippen LogP contribution in [0.3, 0.4) is 0 Å². The summed E-state index contributed by atoms with van der Waals surface area (Å²) < 4.78 is 30.4. The van der Waals surface area contributed by atoms with Crippen molar-refractivity contribution in [3.05, 3.63) is 23.3 Å². The van der Waals surface area contributed by atoms with Gasteiger partial charge in [0.25, 0.3) is 0 Å². The van der Waals surface area contributed by atoms with Gasteiger partial charge in [-0.3, -0.25) is 9.69 Å². The number of nitrogens with zero attached hydrogens (tertiary/aromatic N) is 1. The van der Waals surface area contributed by atoms with Crippen molar-refractivity contribution < 1.29 is 33.6 Å². The van der Waals surface area contributed by atoms with Gasteiger partial charge in [0.15, 0.2) is 11.5 Å². The summed E-state index contributed by atoms with van der Waals surface area (Å²) in [6.45, 7) is 5.62. The Morgan fingerprint density at radius 2 is 2.06 bits per heavy atom. The summed E-state index contributed by atoms with van der Waals surface area (Å²) in [6, 6.07) is 3.90. The van der Waals surface area contributed by atoms with Gasteiger partial charge in [-0.05, 0) is 29.8 Å². The zero-order valence-corrected chi connectivity index (χ0v) is 21.6. The van der Waals surface area contributed by atoms with Crippen LogP contribution < -0.4 is 4.74 Å². The second kappa shape index (κ2) is 7.96. The minimum absolute atomic E-state index is 0.0184. The van der Waals surface area contributed by atoms with Crippen molar-refractivity contribution in [3.63, 3.8) is 0 Å². The van der Waals surface area contributed by atoms with Crippen LogP contribution in [0.5, 0.6) is 11.5 Å². The van der Waals surface area contributed by atoms with Crippen molar-refractivity contribution in [3.8, 4) is 11.5 Å². The van der Waals surface area contributed by atoms with E-state index in [-0.39, 0.29) is 59.2 Å². The van der Waals surface area contributed by atoms with Gasteiger partial charge in [-0.1, -0.05) is 18.5 Å². The molecule has 1 aromatic carbocycles. The molecule has 35 heavy (non-hydrogen) atoms. The average molecular weight is 508 g/mol. The van der Waals surface area contributed by atoms with E-state index in [1.54, 1.807) is 21.3 Å². The molecule has 1 aromatic rings. The van der Waals surface area contributed by atoms with E-state index in [1.165, 1.54) is 6.92 Å². The first kappa shape index (κ1) is 23.8. The van der Waals surface area contributed by atoms with Crippen molar-refractivity contribution in [2.24, 2.45) is 16.7 Å². The monoisotopic (exact) mass is 507 g/mol. The Labute approximate surface area is 210 Å². The fourth-order valence-electron chi connectivity index (χ4n) is 9.18. The molecule has 2 saturated carbocycles. The number of methoxy groups -OCH3 is 3. The number of ether oxygens (including phenoxy) is 5. The molecule has 5 aliphatic rings. The van der Waals surface area contributed by atoms with Gasteiger partial charge in [0, 0.05) is 68.7 Å². The first-order chi connectivity index (χ1) is 16.8. The Hall–Kier alpha value is -1.58. The van der Waals surface area contributed by atoms with E-state index in [9.17, 15) is 9.90 Å². The molecule has 1 unspecified atom stereocenters. The number of halogens is 1. The lowest BCUT2D eigenvalue weighted by molar-refractivity contribution is -0.243. The van der Waals surface area contributed by atoms with Crippen LogP contribution in [0.1, 0.15) is 43.2 Å². The third-order valence-corrected chi connectivity index (χ3v) is 10.1. The Morgan fingerprint density at radius 1 is 1.29 bits per heavy atom. The predicted octanol–water partition coefficient (Wildman–Crippen LogP) is 2.85. The number of carbonyl (C=O) groups is 1. The number of aromatic hydroxyl groups is 1. The minimum Gasteiger partial charge on any atom is -0.504 e. The maximum atomic E-state index is 12.3. The summed E-state index contributed by atoms with van der Waals surface area (Å²) in [5.74, 6) is 0.0730. The van der Waals surface area contributed by atoms with E-state index in [0.29, 0.717) is 18.8 Å². The summed E-state index contributed by atoms with van der Waals surface area (Å²) in [7, 11) is 5.04. The highest BCUT2D eigenvalue weighted by atomic mass is 35.5. The number of alkyl halides is 1. The normalized spacial score (nSPS) is 44.7. The molecule has 0 amide bonds. The molecule has 0 aromatic heterocycles. The summed E-state index contributed by atoms with van der Waals surface area (Å²) in [6.07, 6.45) is -0.209. The van der Waals surface area contributed by atoms with Crippen LogP contribution in [-0.4, -0.2) is 86.9 Å². The molecular weight excluding hydrogens is 474 g/mol. The van der Waals surface area contributed by atoms with E-state index in [1.807, 2.05) is 12.1 Å². The topological polar surface area (TPSA) is 86.7 Å². The molecule has 2 aliphatic heterocycles. The van der Waals surface area contributed by atoms with E-state index in [4.69, 9.17) is 35.3 Å². The number of likely N-dealkylation sites (N-methyl/N-ethyl adjacent to an activating group) is 1. The number of hydrogen-bond acceptors (Lipinski definition) is 8. The van der Waals surface area contributed by atoms with E-state index >= 15 is 0 Å². The molecule has 192 valence electrons. The smallest absolute Gasteiger partial charge is 0.302 e. The fourth-order valence-corrected chi connectivity index (χ4v) is 9.66. The van der Waals surface area contributed by atoms with Crippen LogP contribution in [0, 0.1) is 16.7 Å². The van der Waals surface area contributed by atoms with Crippen LogP contribution >= 0.6 is 11.6 Å². The first-order valence-corrected chi connectivity index (χ1v) is 12.9.